The predicted molar refractivity (Wildman–Crippen MR) is 34.6 cm³/mol. The number of rotatable bonds is 0. The highest BCUT2D eigenvalue weighted by atomic mass is 16.3. The molecule has 1 aliphatic heterocycles. The number of aromatic nitrogens is 1. The van der Waals surface area contributed by atoms with Crippen molar-refractivity contribution in [1.82, 2.24) is 0 Å². The Morgan fingerprint density at radius 1 is 1.55 bits per heavy atom. The third-order valence-corrected chi connectivity index (χ3v) is 1.85. The topological polar surface area (TPSA) is 44.0 Å². The summed E-state index contributed by atoms with van der Waals surface area (Å²) in [6.07, 6.45) is 0.848. The van der Waals surface area contributed by atoms with Gasteiger partial charge in [0.15, 0.2) is 6.20 Å². The van der Waals surface area contributed by atoms with Crippen molar-refractivity contribution < 1.29 is 14.5 Å². The molecule has 2 rings (SSSR count). The summed E-state index contributed by atoms with van der Waals surface area (Å²) < 4.78 is 1.47. The van der Waals surface area contributed by atoms with Gasteiger partial charge in [-0.1, -0.05) is 0 Å². The monoisotopic (exact) mass is 149 g/mol. The largest absolute Gasteiger partial charge is 0.798 e. The quantitative estimate of drug-likeness (QED) is 0.463. The molecule has 1 aromatic rings. The van der Waals surface area contributed by atoms with E-state index < -0.39 is 6.23 Å². The van der Waals surface area contributed by atoms with Crippen molar-refractivity contribution in [2.24, 2.45) is 0 Å². The number of hydrogen-bond acceptors (Lipinski definition) is 2. The van der Waals surface area contributed by atoms with Gasteiger partial charge in [-0.2, -0.15) is 0 Å². The van der Waals surface area contributed by atoms with Crippen LogP contribution in [0.3, 0.4) is 0 Å². The summed E-state index contributed by atoms with van der Waals surface area (Å²) in [5, 5.41) is 11.1. The highest BCUT2D eigenvalue weighted by Gasteiger charge is 2.29. The first kappa shape index (κ1) is 6.49. The lowest BCUT2D eigenvalue weighted by Gasteiger charge is -2.06. The number of carbonyl (C=O) groups excluding carboxylic acids is 1. The molecular weight excluding hydrogens is 142 g/mol. The van der Waals surface area contributed by atoms with Crippen LogP contribution in [0.25, 0.3) is 0 Å². The molecule has 11 heavy (non-hydrogen) atoms. The van der Waals surface area contributed by atoms with E-state index >= 15 is 0 Å². The van der Waals surface area contributed by atoms with Crippen molar-refractivity contribution in [2.75, 3.05) is 0 Å². The second kappa shape index (κ2) is 2.13. The maximum Gasteiger partial charge on any atom is 0.247 e. The minimum atomic E-state index is -0.904. The molecule has 1 aromatic heterocycles. The van der Waals surface area contributed by atoms with Crippen LogP contribution in [0.4, 0.5) is 0 Å². The van der Waals surface area contributed by atoms with Crippen molar-refractivity contribution in [1.29, 1.82) is 0 Å². The molecule has 0 amide bonds. The minimum absolute atomic E-state index is 0.0504. The zero-order chi connectivity index (χ0) is 7.84. The smallest absolute Gasteiger partial charge is 0.247 e. The zero-order valence-electron chi connectivity index (χ0n) is 5.86. The lowest BCUT2D eigenvalue weighted by atomic mass is 10.2. The summed E-state index contributed by atoms with van der Waals surface area (Å²) >= 11 is 0. The SMILES string of the molecule is O=C1CC([O-])[n+]2ccccc21. The number of nitrogens with zero attached hydrogens (tertiary/aromatic N) is 1. The van der Waals surface area contributed by atoms with Crippen LogP contribution < -0.4 is 9.67 Å². The third-order valence-electron chi connectivity index (χ3n) is 1.85. The molecule has 0 spiro atoms. The fourth-order valence-corrected chi connectivity index (χ4v) is 1.31. The predicted octanol–water partition coefficient (Wildman–Crippen LogP) is -0.581. The minimum Gasteiger partial charge on any atom is -0.798 e. The van der Waals surface area contributed by atoms with Gasteiger partial charge in [0.05, 0.1) is 6.42 Å². The number of fused-ring (bicyclic) bond motifs is 1. The standard InChI is InChI=1S/C8H7NO2/c10-7-5-8(11)9-4-2-1-3-6(7)9/h1-4,8H,5H2. The number of Topliss-reactive ketones (excluding diaryl/α,β-unsaturated/α-hetero) is 1. The summed E-state index contributed by atoms with van der Waals surface area (Å²) in [5.41, 5.74) is 0.535. The molecule has 0 aliphatic carbocycles. The maximum absolute atomic E-state index is 11.1. The normalized spacial score (nSPS) is 21.9. The highest BCUT2D eigenvalue weighted by Crippen LogP contribution is 2.10. The molecule has 0 radical (unpaired) electrons. The fourth-order valence-electron chi connectivity index (χ4n) is 1.31. The Balaban J connectivity index is 2.60. The Labute approximate surface area is 63.9 Å². The van der Waals surface area contributed by atoms with E-state index in [-0.39, 0.29) is 12.2 Å². The van der Waals surface area contributed by atoms with Gasteiger partial charge in [0.2, 0.25) is 11.5 Å². The van der Waals surface area contributed by atoms with Crippen LogP contribution in [0.1, 0.15) is 23.1 Å². The Hall–Kier alpha value is -1.22. The summed E-state index contributed by atoms with van der Waals surface area (Å²) in [6.45, 7) is 0. The van der Waals surface area contributed by atoms with Gasteiger partial charge < -0.3 is 5.11 Å². The summed E-state index contributed by atoms with van der Waals surface area (Å²) in [5.74, 6) is -0.0504. The molecule has 2 heterocycles. The van der Waals surface area contributed by atoms with Crippen molar-refractivity contribution in [3.05, 3.63) is 30.1 Å². The number of pyridine rings is 1. The van der Waals surface area contributed by atoms with E-state index in [9.17, 15) is 9.90 Å². The molecule has 1 aliphatic rings. The van der Waals surface area contributed by atoms with Crippen LogP contribution in [-0.4, -0.2) is 5.78 Å². The van der Waals surface area contributed by atoms with Crippen LogP contribution in [0.2, 0.25) is 0 Å². The average Bonchev–Trinajstić information content (AvgIpc) is 2.30. The van der Waals surface area contributed by atoms with Gasteiger partial charge in [0.25, 0.3) is 0 Å². The van der Waals surface area contributed by atoms with E-state index in [1.54, 1.807) is 24.4 Å². The van der Waals surface area contributed by atoms with Gasteiger partial charge in [-0.05, 0) is 6.07 Å². The molecule has 1 unspecified atom stereocenters. The first-order valence-electron chi connectivity index (χ1n) is 3.48. The van der Waals surface area contributed by atoms with E-state index in [0.717, 1.165) is 0 Å². The molecule has 1 atom stereocenters. The Morgan fingerprint density at radius 3 is 3.09 bits per heavy atom. The second-order valence-corrected chi connectivity index (χ2v) is 2.58. The van der Waals surface area contributed by atoms with Gasteiger partial charge in [-0.3, -0.25) is 4.79 Å². The van der Waals surface area contributed by atoms with E-state index in [4.69, 9.17) is 0 Å². The molecule has 3 nitrogen and oxygen atoms in total. The fraction of sp³-hybridized carbons (Fsp3) is 0.250. The molecule has 0 fully saturated rings. The molecule has 0 N–H and O–H groups in total. The van der Waals surface area contributed by atoms with Gasteiger partial charge in [0, 0.05) is 12.1 Å². The van der Waals surface area contributed by atoms with E-state index in [1.165, 1.54) is 4.57 Å². The molecule has 3 heteroatoms. The Morgan fingerprint density at radius 2 is 2.36 bits per heavy atom. The van der Waals surface area contributed by atoms with Gasteiger partial charge in [-0.15, -0.1) is 0 Å². The number of hydrogen-bond donors (Lipinski definition) is 0. The van der Waals surface area contributed by atoms with E-state index in [0.29, 0.717) is 5.69 Å². The molecule has 56 valence electrons. The van der Waals surface area contributed by atoms with Crippen molar-refractivity contribution in [2.45, 2.75) is 12.6 Å². The number of carbonyl (C=O) groups is 1. The average molecular weight is 149 g/mol. The maximum atomic E-state index is 11.1. The second-order valence-electron chi connectivity index (χ2n) is 2.58. The third kappa shape index (κ3) is 0.851. The first-order chi connectivity index (χ1) is 5.29. The summed E-state index contributed by atoms with van der Waals surface area (Å²) in [6, 6.07) is 5.20. The van der Waals surface area contributed by atoms with Crippen LogP contribution in [0.5, 0.6) is 0 Å². The lowest BCUT2D eigenvalue weighted by molar-refractivity contribution is -0.841. The molecule has 0 saturated carbocycles. The number of ketones is 1. The van der Waals surface area contributed by atoms with Crippen LogP contribution in [-0.2, 0) is 0 Å². The van der Waals surface area contributed by atoms with Crippen LogP contribution >= 0.6 is 0 Å². The lowest BCUT2D eigenvalue weighted by Crippen LogP contribution is -2.44. The molecule has 0 aromatic carbocycles. The van der Waals surface area contributed by atoms with E-state index in [2.05, 4.69) is 0 Å². The molecular formula is C8H7NO2. The van der Waals surface area contributed by atoms with Gasteiger partial charge in [-0.25, -0.2) is 4.57 Å². The Bertz CT molecular complexity index is 309. The summed E-state index contributed by atoms with van der Waals surface area (Å²) in [7, 11) is 0. The Kier molecular flexibility index (Phi) is 1.26. The summed E-state index contributed by atoms with van der Waals surface area (Å²) in [4.78, 5) is 11.1. The van der Waals surface area contributed by atoms with Crippen LogP contribution in [0, 0.1) is 0 Å². The molecule has 0 bridgehead atoms. The van der Waals surface area contributed by atoms with Crippen molar-refractivity contribution >= 4 is 5.78 Å². The van der Waals surface area contributed by atoms with E-state index in [1.807, 2.05) is 0 Å². The zero-order valence-corrected chi connectivity index (χ0v) is 5.86. The van der Waals surface area contributed by atoms with Crippen molar-refractivity contribution in [3.63, 3.8) is 0 Å². The van der Waals surface area contributed by atoms with Crippen LogP contribution in [0.15, 0.2) is 24.4 Å². The molecule has 0 saturated heterocycles. The van der Waals surface area contributed by atoms with Crippen molar-refractivity contribution in [3.8, 4) is 0 Å². The highest BCUT2D eigenvalue weighted by molar-refractivity contribution is 5.93. The van der Waals surface area contributed by atoms with Gasteiger partial charge >= 0.3 is 0 Å². The van der Waals surface area contributed by atoms with Gasteiger partial charge in [0.1, 0.15) is 6.23 Å². The first-order valence-corrected chi connectivity index (χ1v) is 3.48.